The predicted octanol–water partition coefficient (Wildman–Crippen LogP) is 4.67. The molecule has 2 aliphatic heterocycles. The number of hydrogen-bond donors (Lipinski definition) is 2. The van der Waals surface area contributed by atoms with E-state index in [-0.39, 0.29) is 65.2 Å². The van der Waals surface area contributed by atoms with Crippen LogP contribution in [0.4, 0.5) is 14.5 Å². The van der Waals surface area contributed by atoms with E-state index >= 15 is 0 Å². The molecule has 5 rings (SSSR count). The minimum Gasteiger partial charge on any atom is -0.464 e. The number of nitrogens with zero attached hydrogens (tertiary/aromatic N) is 4. The summed E-state index contributed by atoms with van der Waals surface area (Å²) in [5, 5.41) is 14.9. The van der Waals surface area contributed by atoms with Crippen LogP contribution in [0.3, 0.4) is 0 Å². The summed E-state index contributed by atoms with van der Waals surface area (Å²) in [6, 6.07) is 10.6. The number of carbonyl (C=O) groups excluding carboxylic acids is 3. The fraction of sp³-hybridized carbons (Fsp3) is 0.382. The number of pyridine rings is 1. The number of carbonyl (C=O) groups is 3. The lowest BCUT2D eigenvalue weighted by atomic mass is 10.0. The van der Waals surface area contributed by atoms with Gasteiger partial charge < -0.3 is 15.4 Å². The third-order valence-electron chi connectivity index (χ3n) is 8.77. The summed E-state index contributed by atoms with van der Waals surface area (Å²) in [5.74, 6) is -4.92. The van der Waals surface area contributed by atoms with Crippen LogP contribution >= 0.6 is 23.2 Å². The molecule has 0 spiro atoms. The Kier molecular flexibility index (Phi) is 11.9. The van der Waals surface area contributed by atoms with Gasteiger partial charge in [-0.25, -0.2) is 22.0 Å². The van der Waals surface area contributed by atoms with E-state index in [1.54, 1.807) is 36.1 Å². The lowest BCUT2D eigenvalue weighted by Crippen LogP contribution is -2.51. The van der Waals surface area contributed by atoms with Crippen molar-refractivity contribution in [1.82, 2.24) is 19.5 Å². The molecule has 2 N–H and O–H groups in total. The van der Waals surface area contributed by atoms with Crippen LogP contribution in [0.2, 0.25) is 10.0 Å². The van der Waals surface area contributed by atoms with Crippen molar-refractivity contribution in [1.29, 1.82) is 5.26 Å². The normalized spacial score (nSPS) is 19.8. The molecule has 2 aliphatic rings. The fourth-order valence-electron chi connectivity index (χ4n) is 6.12. The molecule has 2 fully saturated rings. The highest BCUT2D eigenvalue weighted by Crippen LogP contribution is 2.34. The molecule has 12 nitrogen and oxygen atoms in total. The van der Waals surface area contributed by atoms with E-state index in [0.717, 1.165) is 4.31 Å². The number of piperidine rings is 1. The molecule has 2 unspecified atom stereocenters. The Morgan fingerprint density at radius 3 is 2.39 bits per heavy atom. The maximum Gasteiger partial charge on any atom is 0.328 e. The Labute approximate surface area is 303 Å². The molecule has 0 radical (unpaired) electrons. The van der Waals surface area contributed by atoms with Gasteiger partial charge in [-0.1, -0.05) is 41.4 Å². The van der Waals surface area contributed by atoms with Crippen LogP contribution in [-0.4, -0.2) is 90.7 Å². The Hall–Kier alpha value is -4.20. The number of hydrogen-bond acceptors (Lipinski definition) is 9. The van der Waals surface area contributed by atoms with Crippen molar-refractivity contribution in [3.05, 3.63) is 87.7 Å². The minimum absolute atomic E-state index is 0.00990. The third kappa shape index (κ3) is 9.00. The van der Waals surface area contributed by atoms with Gasteiger partial charge in [0.05, 0.1) is 38.7 Å². The van der Waals surface area contributed by atoms with Crippen LogP contribution in [0.1, 0.15) is 47.7 Å². The van der Waals surface area contributed by atoms with Crippen molar-refractivity contribution >= 4 is 56.7 Å². The van der Waals surface area contributed by atoms with E-state index in [1.807, 2.05) is 6.07 Å². The first kappa shape index (κ1) is 38.0. The van der Waals surface area contributed by atoms with E-state index in [4.69, 9.17) is 27.9 Å². The van der Waals surface area contributed by atoms with Gasteiger partial charge in [-0.3, -0.25) is 19.5 Å². The molecular weight excluding hydrogens is 729 g/mol. The van der Waals surface area contributed by atoms with Crippen LogP contribution in [0.25, 0.3) is 0 Å². The van der Waals surface area contributed by atoms with Crippen molar-refractivity contribution in [3.63, 3.8) is 0 Å². The summed E-state index contributed by atoms with van der Waals surface area (Å²) < 4.78 is 62.1. The number of halogens is 4. The van der Waals surface area contributed by atoms with Gasteiger partial charge in [0.25, 0.3) is 11.8 Å². The monoisotopic (exact) mass is 762 g/mol. The lowest BCUT2D eigenvalue weighted by Gasteiger charge is -2.35. The second-order valence-electron chi connectivity index (χ2n) is 12.2. The number of rotatable bonds is 11. The van der Waals surface area contributed by atoms with Crippen LogP contribution in [0.5, 0.6) is 0 Å². The second kappa shape index (κ2) is 16.0. The third-order valence-corrected chi connectivity index (χ3v) is 11.2. The molecule has 0 saturated carbocycles. The van der Waals surface area contributed by atoms with E-state index in [0.29, 0.717) is 11.3 Å². The van der Waals surface area contributed by atoms with Crippen LogP contribution in [0, 0.1) is 11.3 Å². The Bertz CT molecular complexity index is 1920. The van der Waals surface area contributed by atoms with Crippen molar-refractivity contribution in [3.8, 4) is 6.07 Å². The molecule has 0 aliphatic carbocycles. The topological polar surface area (TPSA) is 162 Å². The first-order valence-corrected chi connectivity index (χ1v) is 18.2. The number of nitriles is 1. The molecule has 2 aromatic carbocycles. The smallest absolute Gasteiger partial charge is 0.328 e. The number of aromatic nitrogens is 1. The fourth-order valence-corrected chi connectivity index (χ4v) is 8.33. The number of benzene rings is 2. The number of likely N-dealkylation sites (tertiary alicyclic amines) is 1. The number of nitrogens with one attached hydrogen (secondary N) is 2. The lowest BCUT2D eigenvalue weighted by molar-refractivity contribution is -0.147. The number of amides is 2. The van der Waals surface area contributed by atoms with Crippen molar-refractivity contribution < 1.29 is 36.3 Å². The highest BCUT2D eigenvalue weighted by atomic mass is 35.5. The van der Waals surface area contributed by atoms with Gasteiger partial charge in [-0.2, -0.15) is 9.57 Å². The summed E-state index contributed by atoms with van der Waals surface area (Å²) in [6.07, 6.45) is 1.73. The number of ether oxygens (including phenoxy) is 1. The average molecular weight is 764 g/mol. The molecule has 2 saturated heterocycles. The van der Waals surface area contributed by atoms with Gasteiger partial charge in [-0.15, -0.1) is 0 Å². The Balaban J connectivity index is 1.36. The van der Waals surface area contributed by atoms with Gasteiger partial charge in [-0.05, 0) is 49.2 Å². The SMILES string of the molecule is CCOC(=O)[C@H](Cc1ccc(NC(=O)c2c(Cl)cncc2Cl)cc1)NC(=O)C1CC(N2CCC(F)(F)CC2)CN1S(=O)(=O)c1cccc(C#N)c1. The number of anilines is 1. The standard InChI is InChI=1S/C34H34Cl2F2N6O6S/c1-2-50-33(47)28(15-21-6-8-23(9-7-21)41-32(46)30-26(35)18-40-19-27(30)36)42-31(45)29-16-24(43-12-10-34(37,38)11-13-43)20-44(29)51(48,49)25-5-3-4-22(14-25)17-39/h3-9,14,18-19,24,28-29H,2,10-13,15-16,20H2,1H3,(H,41,46)(H,42,45)/t24?,28-,29?/m0/s1. The van der Waals surface area contributed by atoms with Gasteiger partial charge in [0.1, 0.15) is 12.1 Å². The molecule has 270 valence electrons. The second-order valence-corrected chi connectivity index (χ2v) is 14.9. The summed E-state index contributed by atoms with van der Waals surface area (Å²) in [7, 11) is -4.35. The largest absolute Gasteiger partial charge is 0.464 e. The van der Waals surface area contributed by atoms with E-state index < -0.39 is 64.7 Å². The van der Waals surface area contributed by atoms with Crippen LogP contribution in [-0.2, 0) is 30.8 Å². The zero-order valence-electron chi connectivity index (χ0n) is 27.3. The van der Waals surface area contributed by atoms with E-state index in [9.17, 15) is 36.8 Å². The molecule has 2 amide bonds. The zero-order chi connectivity index (χ0) is 36.9. The highest BCUT2D eigenvalue weighted by molar-refractivity contribution is 7.89. The summed E-state index contributed by atoms with van der Waals surface area (Å²) in [4.78, 5) is 45.3. The van der Waals surface area contributed by atoms with Crippen molar-refractivity contribution in [2.45, 2.75) is 61.6 Å². The summed E-state index contributed by atoms with van der Waals surface area (Å²) >= 11 is 12.2. The number of sulfonamides is 1. The first-order valence-electron chi connectivity index (χ1n) is 16.0. The molecular formula is C34H34Cl2F2N6O6S. The predicted molar refractivity (Wildman–Crippen MR) is 184 cm³/mol. The zero-order valence-corrected chi connectivity index (χ0v) is 29.6. The van der Waals surface area contributed by atoms with E-state index in [1.165, 1.54) is 36.7 Å². The van der Waals surface area contributed by atoms with Gasteiger partial charge in [0, 0.05) is 63.0 Å². The number of alkyl halides is 2. The van der Waals surface area contributed by atoms with Crippen molar-refractivity contribution in [2.75, 3.05) is 31.6 Å². The van der Waals surface area contributed by atoms with Gasteiger partial charge in [0.15, 0.2) is 0 Å². The number of esters is 1. The Morgan fingerprint density at radius 1 is 1.10 bits per heavy atom. The van der Waals surface area contributed by atoms with E-state index in [2.05, 4.69) is 15.6 Å². The maximum atomic E-state index is 14.0. The van der Waals surface area contributed by atoms with Crippen LogP contribution < -0.4 is 10.6 Å². The highest BCUT2D eigenvalue weighted by Gasteiger charge is 2.48. The molecule has 17 heteroatoms. The summed E-state index contributed by atoms with van der Waals surface area (Å²) in [5.41, 5.74) is 1.11. The average Bonchev–Trinajstić information content (AvgIpc) is 3.55. The molecule has 3 aromatic rings. The molecule has 51 heavy (non-hydrogen) atoms. The van der Waals surface area contributed by atoms with Gasteiger partial charge >= 0.3 is 5.97 Å². The molecule has 3 atom stereocenters. The molecule has 1 aromatic heterocycles. The Morgan fingerprint density at radius 2 is 1.76 bits per heavy atom. The molecule has 0 bridgehead atoms. The summed E-state index contributed by atoms with van der Waals surface area (Å²) in [6.45, 7) is 1.50. The first-order chi connectivity index (χ1) is 24.2. The van der Waals surface area contributed by atoms with Gasteiger partial charge in [0.2, 0.25) is 15.9 Å². The minimum atomic E-state index is -4.35. The van der Waals surface area contributed by atoms with Crippen molar-refractivity contribution in [2.24, 2.45) is 0 Å². The maximum absolute atomic E-state index is 14.0. The molecule has 3 heterocycles. The van der Waals surface area contributed by atoms with Crippen LogP contribution in [0.15, 0.2) is 65.8 Å². The quantitative estimate of drug-likeness (QED) is 0.265.